The van der Waals surface area contributed by atoms with Gasteiger partial charge in [0.2, 0.25) is 5.88 Å². The van der Waals surface area contributed by atoms with Crippen LogP contribution in [0.2, 0.25) is 5.02 Å². The zero-order chi connectivity index (χ0) is 24.8. The van der Waals surface area contributed by atoms with Crippen LogP contribution in [0.5, 0.6) is 17.2 Å². The Hall–Kier alpha value is -4.21. The second-order valence-corrected chi connectivity index (χ2v) is 8.23. The summed E-state index contributed by atoms with van der Waals surface area (Å²) < 4.78 is 16.9. The van der Waals surface area contributed by atoms with Crippen molar-refractivity contribution in [3.8, 4) is 23.3 Å². The molecule has 1 aliphatic rings. The maximum absolute atomic E-state index is 12.4. The van der Waals surface area contributed by atoms with E-state index in [-0.39, 0.29) is 11.6 Å². The van der Waals surface area contributed by atoms with Crippen LogP contribution < -0.4 is 19.9 Å². The first-order valence-electron chi connectivity index (χ1n) is 11.1. The third-order valence-electron chi connectivity index (χ3n) is 5.38. The summed E-state index contributed by atoms with van der Waals surface area (Å²) in [7, 11) is 0. The lowest BCUT2D eigenvalue weighted by molar-refractivity contribution is -0.128. The molecular weight excluding hydrogens is 464 g/mol. The van der Waals surface area contributed by atoms with Gasteiger partial charge >= 0.3 is 5.97 Å². The van der Waals surface area contributed by atoms with Crippen molar-refractivity contribution in [3.05, 3.63) is 106 Å². The summed E-state index contributed by atoms with van der Waals surface area (Å²) in [5.74, 6) is 0.394. The number of ether oxygens (including phenoxy) is 3. The van der Waals surface area contributed by atoms with Crippen LogP contribution in [0.25, 0.3) is 6.08 Å². The molecule has 3 aromatic carbocycles. The predicted molar refractivity (Wildman–Crippen MR) is 134 cm³/mol. The van der Waals surface area contributed by atoms with Gasteiger partial charge in [0, 0.05) is 22.7 Å². The van der Waals surface area contributed by atoms with E-state index in [0.29, 0.717) is 34.3 Å². The Morgan fingerprint density at radius 2 is 1.97 bits per heavy atom. The van der Waals surface area contributed by atoms with E-state index < -0.39 is 11.9 Å². The molecule has 1 heterocycles. The summed E-state index contributed by atoms with van der Waals surface area (Å²) in [6.07, 6.45) is 3.77. The van der Waals surface area contributed by atoms with Gasteiger partial charge in [0.25, 0.3) is 0 Å². The lowest BCUT2D eigenvalue weighted by Gasteiger charge is -2.27. The number of halogens is 1. The minimum atomic E-state index is -0.570. The van der Waals surface area contributed by atoms with Crippen molar-refractivity contribution in [2.24, 2.45) is 5.73 Å². The molecule has 1 aliphatic heterocycles. The van der Waals surface area contributed by atoms with Crippen LogP contribution in [0, 0.1) is 11.3 Å². The molecule has 0 bridgehead atoms. The second-order valence-electron chi connectivity index (χ2n) is 7.82. The summed E-state index contributed by atoms with van der Waals surface area (Å²) >= 11 is 6.12. The number of rotatable bonds is 7. The molecule has 176 valence electrons. The van der Waals surface area contributed by atoms with Crippen LogP contribution in [0.3, 0.4) is 0 Å². The average molecular weight is 487 g/mol. The number of allylic oxidation sites excluding steroid dienone is 1. The monoisotopic (exact) mass is 486 g/mol. The fourth-order valence-electron chi connectivity index (χ4n) is 3.76. The summed E-state index contributed by atoms with van der Waals surface area (Å²) in [6.45, 7) is 2.63. The number of nitrogens with two attached hydrogens (primary N) is 1. The first-order chi connectivity index (χ1) is 17.0. The van der Waals surface area contributed by atoms with Crippen LogP contribution in [-0.2, 0) is 4.79 Å². The zero-order valence-corrected chi connectivity index (χ0v) is 19.8. The maximum Gasteiger partial charge on any atom is 0.336 e. The predicted octanol–water partition coefficient (Wildman–Crippen LogP) is 5.97. The van der Waals surface area contributed by atoms with Crippen LogP contribution in [0.15, 0.2) is 84.3 Å². The minimum Gasteiger partial charge on any atom is -0.494 e. The summed E-state index contributed by atoms with van der Waals surface area (Å²) in [5.41, 5.74) is 8.68. The molecule has 4 rings (SSSR count). The number of fused-ring (bicyclic) bond motifs is 1. The van der Waals surface area contributed by atoms with Crippen LogP contribution in [0.1, 0.15) is 36.0 Å². The van der Waals surface area contributed by atoms with Crippen molar-refractivity contribution >= 4 is 23.6 Å². The lowest BCUT2D eigenvalue weighted by atomic mass is 9.83. The molecule has 35 heavy (non-hydrogen) atoms. The van der Waals surface area contributed by atoms with Gasteiger partial charge in [-0.2, -0.15) is 5.26 Å². The van der Waals surface area contributed by atoms with Gasteiger partial charge in [-0.05, 0) is 47.9 Å². The number of carbonyl (C=O) groups is 1. The number of hydrogen-bond donors (Lipinski definition) is 1. The molecule has 3 aromatic rings. The van der Waals surface area contributed by atoms with E-state index in [9.17, 15) is 10.1 Å². The SMILES string of the molecule is CCCOc1cccc(C2C(C#N)=C(N)Oc3cc(OC(=O)/C=C/c4ccccc4Cl)ccc32)c1. The van der Waals surface area contributed by atoms with Crippen molar-refractivity contribution < 1.29 is 19.0 Å². The molecule has 0 saturated carbocycles. The van der Waals surface area contributed by atoms with Crippen molar-refractivity contribution in [1.82, 2.24) is 0 Å². The molecule has 0 spiro atoms. The summed E-state index contributed by atoms with van der Waals surface area (Å²) in [5, 5.41) is 10.3. The van der Waals surface area contributed by atoms with Gasteiger partial charge in [-0.15, -0.1) is 0 Å². The van der Waals surface area contributed by atoms with Crippen LogP contribution in [-0.4, -0.2) is 12.6 Å². The van der Waals surface area contributed by atoms with Crippen molar-refractivity contribution in [1.29, 1.82) is 5.26 Å². The van der Waals surface area contributed by atoms with Crippen LogP contribution in [0.4, 0.5) is 0 Å². The Morgan fingerprint density at radius 1 is 1.14 bits per heavy atom. The molecule has 1 unspecified atom stereocenters. The van der Waals surface area contributed by atoms with E-state index in [1.807, 2.05) is 43.3 Å². The van der Waals surface area contributed by atoms with E-state index in [2.05, 4.69) is 6.07 Å². The van der Waals surface area contributed by atoms with E-state index in [1.54, 1.807) is 36.4 Å². The Balaban J connectivity index is 1.60. The van der Waals surface area contributed by atoms with Gasteiger partial charge in [-0.1, -0.05) is 54.9 Å². The second kappa shape index (κ2) is 10.8. The summed E-state index contributed by atoms with van der Waals surface area (Å²) in [4.78, 5) is 12.4. The lowest BCUT2D eigenvalue weighted by Crippen LogP contribution is -2.21. The molecule has 0 radical (unpaired) electrons. The molecule has 0 aromatic heterocycles. The number of esters is 1. The van der Waals surface area contributed by atoms with Crippen molar-refractivity contribution in [2.45, 2.75) is 19.3 Å². The average Bonchev–Trinajstić information content (AvgIpc) is 2.86. The topological polar surface area (TPSA) is 94.6 Å². The smallest absolute Gasteiger partial charge is 0.336 e. The molecule has 2 N–H and O–H groups in total. The zero-order valence-electron chi connectivity index (χ0n) is 19.0. The summed E-state index contributed by atoms with van der Waals surface area (Å²) in [6, 6.07) is 21.9. The Kier molecular flexibility index (Phi) is 7.39. The standard InChI is InChI=1S/C28H23ClN2O4/c1-2-14-33-20-8-5-7-19(15-20)27-22-12-11-21(16-25(22)35-28(31)23(27)17-30)34-26(32)13-10-18-6-3-4-9-24(18)29/h3-13,15-16,27H,2,14,31H2,1H3/b13-10+. The minimum absolute atomic E-state index is 0.00646. The number of nitrogens with zero attached hydrogens (tertiary/aromatic N) is 1. The van der Waals surface area contributed by atoms with E-state index in [1.165, 1.54) is 6.08 Å². The highest BCUT2D eigenvalue weighted by Crippen LogP contribution is 2.44. The largest absolute Gasteiger partial charge is 0.494 e. The molecule has 0 amide bonds. The number of carbonyl (C=O) groups excluding carboxylic acids is 1. The van der Waals surface area contributed by atoms with Gasteiger partial charge < -0.3 is 19.9 Å². The Morgan fingerprint density at radius 3 is 2.74 bits per heavy atom. The van der Waals surface area contributed by atoms with E-state index >= 15 is 0 Å². The molecule has 0 fully saturated rings. The molecule has 6 nitrogen and oxygen atoms in total. The van der Waals surface area contributed by atoms with Gasteiger partial charge in [0.15, 0.2) is 0 Å². The Labute approximate surface area is 208 Å². The molecule has 0 aliphatic carbocycles. The molecule has 1 atom stereocenters. The number of nitriles is 1. The number of benzene rings is 3. The fourth-order valence-corrected chi connectivity index (χ4v) is 3.96. The Bertz CT molecular complexity index is 1360. The highest BCUT2D eigenvalue weighted by molar-refractivity contribution is 6.32. The van der Waals surface area contributed by atoms with Gasteiger partial charge in [0.1, 0.15) is 28.9 Å². The highest BCUT2D eigenvalue weighted by Gasteiger charge is 2.31. The maximum atomic E-state index is 12.4. The molecule has 7 heteroatoms. The third-order valence-corrected chi connectivity index (χ3v) is 5.72. The van der Waals surface area contributed by atoms with E-state index in [4.69, 9.17) is 31.5 Å². The first-order valence-corrected chi connectivity index (χ1v) is 11.5. The van der Waals surface area contributed by atoms with E-state index in [0.717, 1.165) is 17.5 Å². The quantitative estimate of drug-likeness (QED) is 0.251. The van der Waals surface area contributed by atoms with Crippen molar-refractivity contribution in [3.63, 3.8) is 0 Å². The highest BCUT2D eigenvalue weighted by atomic mass is 35.5. The van der Waals surface area contributed by atoms with Gasteiger partial charge in [0.05, 0.1) is 12.5 Å². The third kappa shape index (κ3) is 5.48. The number of hydrogen-bond acceptors (Lipinski definition) is 6. The van der Waals surface area contributed by atoms with Crippen LogP contribution >= 0.6 is 11.6 Å². The molecular formula is C28H23ClN2O4. The first kappa shape index (κ1) is 23.9. The van der Waals surface area contributed by atoms with Gasteiger partial charge in [-0.3, -0.25) is 0 Å². The normalized spacial score (nSPS) is 14.7. The van der Waals surface area contributed by atoms with Crippen molar-refractivity contribution in [2.75, 3.05) is 6.61 Å². The fraction of sp³-hybridized carbons (Fsp3) is 0.143. The molecule has 0 saturated heterocycles. The van der Waals surface area contributed by atoms with Gasteiger partial charge in [-0.25, -0.2) is 4.79 Å².